The van der Waals surface area contributed by atoms with Crippen molar-refractivity contribution in [2.75, 3.05) is 6.54 Å². The maximum absolute atomic E-state index is 13.4. The Balaban J connectivity index is 1.84. The topological polar surface area (TPSA) is 75.3 Å². The van der Waals surface area contributed by atoms with Crippen LogP contribution in [0.1, 0.15) is 12.0 Å². The summed E-state index contributed by atoms with van der Waals surface area (Å²) in [4.78, 5) is 11.2. The van der Waals surface area contributed by atoms with E-state index >= 15 is 0 Å². The number of hydrogen-bond donors (Lipinski definition) is 2. The van der Waals surface area contributed by atoms with Gasteiger partial charge in [-0.3, -0.25) is 4.79 Å². The van der Waals surface area contributed by atoms with E-state index in [2.05, 4.69) is 10.0 Å². The Kier molecular flexibility index (Phi) is 6.16. The van der Waals surface area contributed by atoms with Gasteiger partial charge >= 0.3 is 0 Å². The number of hydrogen-bond acceptors (Lipinski definition) is 3. The molecular weight excluding hydrogens is 357 g/mol. The molecule has 0 aliphatic rings. The van der Waals surface area contributed by atoms with Crippen molar-refractivity contribution < 1.29 is 26.4 Å². The molecule has 0 unspecified atom stereocenters. The molecule has 0 aliphatic carbocycles. The summed E-state index contributed by atoms with van der Waals surface area (Å²) in [6.45, 7) is -0.272. The molecule has 0 aliphatic heterocycles. The predicted molar refractivity (Wildman–Crippen MR) is 84.4 cm³/mol. The molecule has 25 heavy (non-hydrogen) atoms. The minimum atomic E-state index is -4.07. The summed E-state index contributed by atoms with van der Waals surface area (Å²) in [7, 11) is -4.07. The minimum absolute atomic E-state index is 0.0264. The van der Waals surface area contributed by atoms with Gasteiger partial charge < -0.3 is 5.32 Å². The summed E-state index contributed by atoms with van der Waals surface area (Å²) in [5.74, 6) is -3.39. The van der Waals surface area contributed by atoms with Crippen LogP contribution in [0.4, 0.5) is 13.2 Å². The van der Waals surface area contributed by atoms with Crippen LogP contribution >= 0.6 is 0 Å². The average molecular weight is 372 g/mol. The van der Waals surface area contributed by atoms with E-state index < -0.39 is 38.3 Å². The highest BCUT2D eigenvalue weighted by molar-refractivity contribution is 7.89. The van der Waals surface area contributed by atoms with Gasteiger partial charge in [0, 0.05) is 25.1 Å². The van der Waals surface area contributed by atoms with E-state index in [0.29, 0.717) is 17.7 Å². The number of benzene rings is 2. The maximum atomic E-state index is 13.4. The van der Waals surface area contributed by atoms with Crippen molar-refractivity contribution in [1.29, 1.82) is 0 Å². The van der Waals surface area contributed by atoms with Gasteiger partial charge in [-0.15, -0.1) is 0 Å². The van der Waals surface area contributed by atoms with E-state index in [1.54, 1.807) is 6.07 Å². The monoisotopic (exact) mass is 372 g/mol. The third-order valence-electron chi connectivity index (χ3n) is 3.28. The van der Waals surface area contributed by atoms with Crippen LogP contribution in [0.15, 0.2) is 47.4 Å². The van der Waals surface area contributed by atoms with Crippen molar-refractivity contribution >= 4 is 15.9 Å². The first-order valence-corrected chi connectivity index (χ1v) is 8.73. The Labute approximate surface area is 142 Å². The molecule has 0 radical (unpaired) electrons. The molecule has 0 saturated heterocycles. The molecule has 9 heteroatoms. The zero-order chi connectivity index (χ0) is 18.4. The molecule has 134 valence electrons. The molecule has 1 amide bonds. The lowest BCUT2D eigenvalue weighted by atomic mass is 10.2. The highest BCUT2D eigenvalue weighted by Gasteiger charge is 2.16. The fourth-order valence-corrected chi connectivity index (χ4v) is 2.99. The maximum Gasteiger partial charge on any atom is 0.240 e. The highest BCUT2D eigenvalue weighted by Crippen LogP contribution is 2.13. The second-order valence-electron chi connectivity index (χ2n) is 5.09. The number of carbonyl (C=O) groups excluding carboxylic acids is 1. The Morgan fingerprint density at radius 2 is 1.68 bits per heavy atom. The normalized spacial score (nSPS) is 11.3. The van der Waals surface area contributed by atoms with Gasteiger partial charge in [0.1, 0.15) is 5.82 Å². The van der Waals surface area contributed by atoms with Crippen molar-refractivity contribution in [2.24, 2.45) is 0 Å². The van der Waals surface area contributed by atoms with E-state index in [4.69, 9.17) is 0 Å². The number of amides is 1. The fraction of sp³-hybridized carbons (Fsp3) is 0.188. The summed E-state index contributed by atoms with van der Waals surface area (Å²) in [6.07, 6.45) is -0.197. The van der Waals surface area contributed by atoms with Crippen LogP contribution in [-0.4, -0.2) is 20.9 Å². The van der Waals surface area contributed by atoms with Crippen LogP contribution in [0, 0.1) is 17.5 Å². The Morgan fingerprint density at radius 3 is 2.36 bits per heavy atom. The van der Waals surface area contributed by atoms with Gasteiger partial charge in [0.05, 0.1) is 4.90 Å². The van der Waals surface area contributed by atoms with Crippen molar-refractivity contribution in [3.05, 3.63) is 65.5 Å². The molecule has 0 saturated carbocycles. The Hall–Kier alpha value is -2.39. The molecule has 2 aromatic rings. The van der Waals surface area contributed by atoms with Crippen LogP contribution in [0.5, 0.6) is 0 Å². The molecule has 0 heterocycles. The Morgan fingerprint density at radius 1 is 0.960 bits per heavy atom. The molecule has 5 nitrogen and oxygen atoms in total. The number of halogens is 3. The van der Waals surface area contributed by atoms with Crippen molar-refractivity contribution in [1.82, 2.24) is 10.0 Å². The van der Waals surface area contributed by atoms with E-state index in [0.717, 1.165) is 6.07 Å². The first-order valence-electron chi connectivity index (χ1n) is 7.24. The minimum Gasteiger partial charge on any atom is -0.352 e. The molecule has 2 rings (SSSR count). The third kappa shape index (κ3) is 5.30. The van der Waals surface area contributed by atoms with Crippen molar-refractivity contribution in [3.8, 4) is 0 Å². The van der Waals surface area contributed by atoms with Gasteiger partial charge in [-0.05, 0) is 24.3 Å². The number of nitrogens with one attached hydrogen (secondary N) is 2. The second-order valence-corrected chi connectivity index (χ2v) is 6.86. The second kappa shape index (κ2) is 8.13. The third-order valence-corrected chi connectivity index (χ3v) is 4.74. The van der Waals surface area contributed by atoms with Gasteiger partial charge in [0.15, 0.2) is 11.6 Å². The first kappa shape index (κ1) is 18.9. The Bertz CT molecular complexity index is 873. The van der Waals surface area contributed by atoms with E-state index in [9.17, 15) is 26.4 Å². The lowest BCUT2D eigenvalue weighted by Gasteiger charge is -2.08. The van der Waals surface area contributed by atoms with Gasteiger partial charge in [-0.2, -0.15) is 0 Å². The summed E-state index contributed by atoms with van der Waals surface area (Å²) < 4.78 is 65.3. The largest absolute Gasteiger partial charge is 0.352 e. The molecule has 0 bridgehead atoms. The lowest BCUT2D eigenvalue weighted by molar-refractivity contribution is -0.121. The van der Waals surface area contributed by atoms with Gasteiger partial charge in [-0.25, -0.2) is 26.3 Å². The molecule has 0 atom stereocenters. The van der Waals surface area contributed by atoms with Crippen LogP contribution in [0.25, 0.3) is 0 Å². The average Bonchev–Trinajstić information content (AvgIpc) is 2.56. The lowest BCUT2D eigenvalue weighted by Crippen LogP contribution is -2.30. The summed E-state index contributed by atoms with van der Waals surface area (Å²) in [5, 5.41) is 2.46. The number of rotatable bonds is 7. The van der Waals surface area contributed by atoms with Crippen LogP contribution < -0.4 is 10.0 Å². The van der Waals surface area contributed by atoms with Gasteiger partial charge in [0.25, 0.3) is 0 Å². The van der Waals surface area contributed by atoms with E-state index in [1.165, 1.54) is 18.2 Å². The first-order chi connectivity index (χ1) is 11.8. The standard InChI is InChI=1S/C16H15F3N2O3S/c17-13-4-2-1-3-11(13)10-20-16(22)7-8-21-25(23,24)12-5-6-14(18)15(19)9-12/h1-6,9,21H,7-8,10H2,(H,20,22). The molecule has 0 fully saturated rings. The number of sulfonamides is 1. The molecule has 0 spiro atoms. The van der Waals surface area contributed by atoms with Crippen LogP contribution in [0.2, 0.25) is 0 Å². The van der Waals surface area contributed by atoms with E-state index in [1.807, 2.05) is 0 Å². The SMILES string of the molecule is O=C(CCNS(=O)(=O)c1ccc(F)c(F)c1)NCc1ccccc1F. The van der Waals surface area contributed by atoms with Gasteiger partial charge in [-0.1, -0.05) is 18.2 Å². The highest BCUT2D eigenvalue weighted by atomic mass is 32.2. The molecular formula is C16H15F3N2O3S. The van der Waals surface area contributed by atoms with Crippen LogP contribution in [-0.2, 0) is 21.4 Å². The van der Waals surface area contributed by atoms with E-state index in [-0.39, 0.29) is 19.5 Å². The van der Waals surface area contributed by atoms with Gasteiger partial charge in [0.2, 0.25) is 15.9 Å². The number of carbonyl (C=O) groups is 1. The predicted octanol–water partition coefficient (Wildman–Crippen LogP) is 2.09. The van der Waals surface area contributed by atoms with Crippen LogP contribution in [0.3, 0.4) is 0 Å². The summed E-state index contributed by atoms with van der Waals surface area (Å²) in [5.41, 5.74) is 0.304. The summed E-state index contributed by atoms with van der Waals surface area (Å²) in [6, 6.07) is 8.09. The molecule has 2 N–H and O–H groups in total. The zero-order valence-electron chi connectivity index (χ0n) is 12.9. The quantitative estimate of drug-likeness (QED) is 0.782. The fourth-order valence-electron chi connectivity index (χ4n) is 1.95. The summed E-state index contributed by atoms with van der Waals surface area (Å²) >= 11 is 0. The molecule has 2 aromatic carbocycles. The van der Waals surface area contributed by atoms with Crippen molar-refractivity contribution in [3.63, 3.8) is 0 Å². The molecule has 0 aromatic heterocycles. The zero-order valence-corrected chi connectivity index (χ0v) is 13.7. The van der Waals surface area contributed by atoms with Crippen molar-refractivity contribution in [2.45, 2.75) is 17.9 Å². The smallest absolute Gasteiger partial charge is 0.240 e.